The number of rotatable bonds is 2. The van der Waals surface area contributed by atoms with Gasteiger partial charge in [-0.05, 0) is 30.5 Å². The zero-order chi connectivity index (χ0) is 21.6. The Morgan fingerprint density at radius 1 is 1.17 bits per heavy atom. The second kappa shape index (κ2) is 7.56. The van der Waals surface area contributed by atoms with Gasteiger partial charge in [0.15, 0.2) is 5.75 Å². The van der Waals surface area contributed by atoms with E-state index < -0.39 is 28.6 Å². The molecule has 3 aromatic rings. The highest BCUT2D eigenvalue weighted by atomic mass is 35.5. The van der Waals surface area contributed by atoms with Crippen LogP contribution in [-0.4, -0.2) is 43.6 Å². The van der Waals surface area contributed by atoms with Crippen LogP contribution in [0.15, 0.2) is 34.1 Å². The summed E-state index contributed by atoms with van der Waals surface area (Å²) in [4.78, 5) is 44.4. The smallest absolute Gasteiger partial charge is 0.294 e. The number of carbonyl (C=O) groups is 1. The van der Waals surface area contributed by atoms with E-state index in [0.717, 1.165) is 0 Å². The summed E-state index contributed by atoms with van der Waals surface area (Å²) >= 11 is 5.79. The minimum Gasteiger partial charge on any atom is -0.502 e. The number of aromatic hydroxyl groups is 1. The minimum absolute atomic E-state index is 0.00647. The molecule has 4 rings (SSSR count). The molecule has 0 radical (unpaired) electrons. The van der Waals surface area contributed by atoms with Crippen molar-refractivity contribution < 1.29 is 14.3 Å². The number of hydrogen-bond donors (Lipinski definition) is 1. The van der Waals surface area contributed by atoms with Crippen molar-refractivity contribution in [3.63, 3.8) is 0 Å². The van der Waals surface area contributed by atoms with Crippen molar-refractivity contribution in [1.82, 2.24) is 19.0 Å². The fourth-order valence-corrected chi connectivity index (χ4v) is 3.83. The van der Waals surface area contributed by atoms with Crippen molar-refractivity contribution >= 4 is 28.4 Å². The fourth-order valence-electron chi connectivity index (χ4n) is 3.63. The molecule has 8 nitrogen and oxygen atoms in total. The molecule has 0 atom stereocenters. The third-order valence-corrected chi connectivity index (χ3v) is 5.52. The van der Waals surface area contributed by atoms with Gasteiger partial charge in [0.1, 0.15) is 22.4 Å². The van der Waals surface area contributed by atoms with Crippen molar-refractivity contribution in [3.05, 3.63) is 67.3 Å². The normalized spacial score (nSPS) is 14.5. The van der Waals surface area contributed by atoms with E-state index in [1.54, 1.807) is 7.05 Å². The van der Waals surface area contributed by atoms with Crippen molar-refractivity contribution in [3.8, 4) is 5.75 Å². The van der Waals surface area contributed by atoms with Crippen LogP contribution >= 0.6 is 11.6 Å². The fraction of sp³-hybridized carbons (Fsp3) is 0.300. The van der Waals surface area contributed by atoms with Gasteiger partial charge in [0.05, 0.1) is 17.9 Å². The number of nitrogens with zero attached hydrogens (tertiary/aromatic N) is 4. The molecule has 0 fully saturated rings. The molecule has 0 saturated heterocycles. The lowest BCUT2D eigenvalue weighted by atomic mass is 10.1. The molecule has 0 bridgehead atoms. The Morgan fingerprint density at radius 3 is 2.63 bits per heavy atom. The minimum atomic E-state index is -0.803. The average Bonchev–Trinajstić information content (AvgIpc) is 2.71. The van der Waals surface area contributed by atoms with E-state index in [1.165, 1.54) is 38.6 Å². The van der Waals surface area contributed by atoms with Crippen LogP contribution in [0.2, 0.25) is 5.02 Å². The van der Waals surface area contributed by atoms with E-state index in [2.05, 4.69) is 4.98 Å². The summed E-state index contributed by atoms with van der Waals surface area (Å²) in [7, 11) is 1.61. The molecular weight excluding hydrogens is 415 g/mol. The van der Waals surface area contributed by atoms with Gasteiger partial charge in [0, 0.05) is 20.1 Å². The van der Waals surface area contributed by atoms with E-state index in [0.29, 0.717) is 24.9 Å². The summed E-state index contributed by atoms with van der Waals surface area (Å²) in [5.74, 6) is -1.77. The lowest BCUT2D eigenvalue weighted by Crippen LogP contribution is -2.38. The molecule has 1 amide bonds. The van der Waals surface area contributed by atoms with Crippen LogP contribution in [0.5, 0.6) is 5.75 Å². The number of amides is 1. The Morgan fingerprint density at radius 2 is 1.90 bits per heavy atom. The molecule has 30 heavy (non-hydrogen) atoms. The number of benzene rings is 1. The molecule has 1 aromatic carbocycles. The first-order chi connectivity index (χ1) is 14.3. The predicted molar refractivity (Wildman–Crippen MR) is 109 cm³/mol. The molecule has 156 valence electrons. The molecule has 0 saturated carbocycles. The summed E-state index contributed by atoms with van der Waals surface area (Å²) < 4.78 is 15.7. The van der Waals surface area contributed by atoms with Gasteiger partial charge in [-0.3, -0.25) is 23.5 Å². The van der Waals surface area contributed by atoms with Crippen LogP contribution in [0.4, 0.5) is 4.39 Å². The molecule has 1 aliphatic heterocycles. The lowest BCUT2D eigenvalue weighted by molar-refractivity contribution is 0.0773. The Bertz CT molecular complexity index is 1300. The average molecular weight is 433 g/mol. The number of halogens is 2. The topological polar surface area (TPSA) is 97.4 Å². The van der Waals surface area contributed by atoms with Gasteiger partial charge in [-0.25, -0.2) is 9.37 Å². The van der Waals surface area contributed by atoms with Crippen LogP contribution in [-0.2, 0) is 13.1 Å². The van der Waals surface area contributed by atoms with Gasteiger partial charge in [-0.1, -0.05) is 17.7 Å². The summed E-state index contributed by atoms with van der Waals surface area (Å²) in [6, 6.07) is 4.02. The molecule has 1 aliphatic rings. The van der Waals surface area contributed by atoms with Crippen molar-refractivity contribution in [2.75, 3.05) is 13.6 Å². The largest absolute Gasteiger partial charge is 0.502 e. The zero-order valence-electron chi connectivity index (χ0n) is 16.1. The number of hydrogen-bond acceptors (Lipinski definition) is 5. The van der Waals surface area contributed by atoms with Crippen LogP contribution in [0.25, 0.3) is 10.9 Å². The van der Waals surface area contributed by atoms with E-state index in [4.69, 9.17) is 11.6 Å². The van der Waals surface area contributed by atoms with E-state index in [-0.39, 0.29) is 34.7 Å². The maximum Gasteiger partial charge on any atom is 0.294 e. The van der Waals surface area contributed by atoms with Crippen molar-refractivity contribution in [1.29, 1.82) is 0 Å². The zero-order valence-corrected chi connectivity index (χ0v) is 16.8. The molecule has 1 N–H and O–H groups in total. The van der Waals surface area contributed by atoms with Gasteiger partial charge in [0.25, 0.3) is 17.0 Å². The first-order valence-corrected chi connectivity index (χ1v) is 9.71. The lowest BCUT2D eigenvalue weighted by Gasteiger charge is -2.24. The molecule has 0 aliphatic carbocycles. The summed E-state index contributed by atoms with van der Waals surface area (Å²) in [5.41, 5.74) is -0.991. The quantitative estimate of drug-likeness (QED) is 0.667. The molecule has 10 heteroatoms. The Hall–Kier alpha value is -3.20. The highest BCUT2D eigenvalue weighted by Crippen LogP contribution is 2.23. The molecule has 3 heterocycles. The third-order valence-electron chi connectivity index (χ3n) is 5.23. The first kappa shape index (κ1) is 20.1. The van der Waals surface area contributed by atoms with Crippen molar-refractivity contribution in [2.24, 2.45) is 0 Å². The molecular formula is C20H18ClFN4O4. The maximum absolute atomic E-state index is 13.4. The molecule has 2 aromatic heterocycles. The van der Waals surface area contributed by atoms with Crippen LogP contribution in [0, 0.1) is 5.82 Å². The SMILES string of the molecule is CN1CCCCn2c(c3ncn(Cc4ccc(F)c(Cl)c4)c(=O)c3c(O)c2=O)C1=O. The van der Waals surface area contributed by atoms with Gasteiger partial charge in [-0.15, -0.1) is 0 Å². The van der Waals surface area contributed by atoms with Crippen molar-refractivity contribution in [2.45, 2.75) is 25.9 Å². The predicted octanol–water partition coefficient (Wildman–Crippen LogP) is 1.97. The van der Waals surface area contributed by atoms with Gasteiger partial charge in [0.2, 0.25) is 0 Å². The second-order valence-electron chi connectivity index (χ2n) is 7.24. The summed E-state index contributed by atoms with van der Waals surface area (Å²) in [5, 5.41) is 10.1. The standard InChI is InChI=1S/C20H18ClFN4O4/c1-24-6-2-3-7-26-16(19(24)29)15-14(17(27)20(26)30)18(28)25(10-23-15)9-11-4-5-13(22)12(21)8-11/h4-5,8,10,27H,2-3,6-7,9H2,1H3. The summed E-state index contributed by atoms with van der Waals surface area (Å²) in [6.07, 6.45) is 2.58. The molecule has 0 spiro atoms. The Labute approximate surface area is 174 Å². The third kappa shape index (κ3) is 3.24. The number of carbonyl (C=O) groups excluding carboxylic acids is 1. The number of aromatic nitrogens is 3. The Balaban J connectivity index is 1.94. The van der Waals surface area contributed by atoms with E-state index in [9.17, 15) is 23.9 Å². The van der Waals surface area contributed by atoms with Crippen LogP contribution in [0.1, 0.15) is 28.9 Å². The van der Waals surface area contributed by atoms with Crippen LogP contribution < -0.4 is 11.1 Å². The van der Waals surface area contributed by atoms with Gasteiger partial charge in [-0.2, -0.15) is 0 Å². The number of fused-ring (bicyclic) bond motifs is 3. The van der Waals surface area contributed by atoms with Gasteiger partial charge >= 0.3 is 0 Å². The summed E-state index contributed by atoms with van der Waals surface area (Å²) in [6.45, 7) is 0.751. The Kier molecular flexibility index (Phi) is 5.07. The van der Waals surface area contributed by atoms with E-state index in [1.807, 2.05) is 0 Å². The maximum atomic E-state index is 13.4. The van der Waals surface area contributed by atoms with Crippen LogP contribution in [0.3, 0.4) is 0 Å². The highest BCUT2D eigenvalue weighted by molar-refractivity contribution is 6.30. The molecule has 0 unspecified atom stereocenters. The number of pyridine rings is 1. The van der Waals surface area contributed by atoms with E-state index >= 15 is 0 Å². The highest BCUT2D eigenvalue weighted by Gasteiger charge is 2.27. The second-order valence-corrected chi connectivity index (χ2v) is 7.64. The first-order valence-electron chi connectivity index (χ1n) is 9.34. The monoisotopic (exact) mass is 432 g/mol. The van der Waals surface area contributed by atoms with Gasteiger partial charge < -0.3 is 10.0 Å².